The highest BCUT2D eigenvalue weighted by Gasteiger charge is 2.12. The topological polar surface area (TPSA) is 70.4 Å². The van der Waals surface area contributed by atoms with Crippen LogP contribution >= 0.6 is 0 Å². The van der Waals surface area contributed by atoms with Crippen LogP contribution in [-0.4, -0.2) is 26.3 Å². The molecule has 5 nitrogen and oxygen atoms in total. The van der Waals surface area contributed by atoms with Crippen LogP contribution < -0.4 is 5.56 Å². The van der Waals surface area contributed by atoms with Gasteiger partial charge in [0.05, 0.1) is 5.69 Å². The molecule has 1 aromatic carbocycles. The minimum absolute atomic E-state index is 0.0602. The molecule has 0 amide bonds. The summed E-state index contributed by atoms with van der Waals surface area (Å²) in [6.07, 6.45) is 0.319. The molecule has 0 saturated heterocycles. The number of hydrogen-bond acceptors (Lipinski definition) is 3. The van der Waals surface area contributed by atoms with E-state index in [2.05, 4.69) is 10.1 Å². The number of nitrogens with one attached hydrogen (secondary N) is 1. The zero-order valence-corrected chi connectivity index (χ0v) is 12.1. The Morgan fingerprint density at radius 1 is 1.24 bits per heavy atom. The fourth-order valence-electron chi connectivity index (χ4n) is 2.45. The lowest BCUT2D eigenvalue weighted by molar-refractivity contribution is 0.298. The van der Waals surface area contributed by atoms with Crippen molar-refractivity contribution in [3.8, 4) is 11.3 Å². The van der Waals surface area contributed by atoms with Crippen molar-refractivity contribution in [3.63, 3.8) is 0 Å². The van der Waals surface area contributed by atoms with Crippen LogP contribution in [0.4, 0.5) is 0 Å². The van der Waals surface area contributed by atoms with Crippen molar-refractivity contribution in [1.29, 1.82) is 0 Å². The second-order valence-corrected chi connectivity index (χ2v) is 5.18. The third-order valence-corrected chi connectivity index (χ3v) is 3.64. The molecule has 0 unspecified atom stereocenters. The fraction of sp³-hybridized carbons (Fsp3) is 0.250. The molecule has 0 aliphatic rings. The molecule has 0 saturated carbocycles. The fourth-order valence-corrected chi connectivity index (χ4v) is 2.45. The second kappa shape index (κ2) is 5.18. The van der Waals surface area contributed by atoms with Crippen LogP contribution in [0.1, 0.15) is 16.8 Å². The van der Waals surface area contributed by atoms with E-state index in [1.807, 2.05) is 37.3 Å². The van der Waals surface area contributed by atoms with Gasteiger partial charge in [-0.05, 0) is 19.4 Å². The average Bonchev–Trinajstić information content (AvgIpc) is 2.88. The molecular weight excluding hydrogens is 266 g/mol. The van der Waals surface area contributed by atoms with Gasteiger partial charge in [0.2, 0.25) is 0 Å². The number of H-pyrrole nitrogens is 1. The molecule has 0 atom stereocenters. The molecule has 2 aromatic heterocycles. The molecule has 108 valence electrons. The minimum atomic E-state index is -0.148. The average molecular weight is 283 g/mol. The van der Waals surface area contributed by atoms with Gasteiger partial charge >= 0.3 is 0 Å². The highest BCUT2D eigenvalue weighted by molar-refractivity contribution is 5.64. The normalized spacial score (nSPS) is 11.2. The van der Waals surface area contributed by atoms with E-state index in [9.17, 15) is 4.79 Å². The van der Waals surface area contributed by atoms with Gasteiger partial charge in [-0.15, -0.1) is 0 Å². The van der Waals surface area contributed by atoms with Crippen LogP contribution in [-0.2, 0) is 6.42 Å². The third kappa shape index (κ3) is 2.36. The Bertz CT molecular complexity index is 844. The molecular formula is C16H17N3O2. The number of nitrogens with zero attached hydrogens (tertiary/aromatic N) is 2. The lowest BCUT2D eigenvalue weighted by Gasteiger charge is -2.03. The van der Waals surface area contributed by atoms with Crippen molar-refractivity contribution in [3.05, 3.63) is 57.5 Å². The molecule has 0 bridgehead atoms. The van der Waals surface area contributed by atoms with Crippen molar-refractivity contribution in [2.45, 2.75) is 20.3 Å². The summed E-state index contributed by atoms with van der Waals surface area (Å²) in [7, 11) is 0. The molecule has 0 radical (unpaired) electrons. The van der Waals surface area contributed by atoms with Crippen molar-refractivity contribution < 1.29 is 5.11 Å². The summed E-state index contributed by atoms with van der Waals surface area (Å²) >= 11 is 0. The van der Waals surface area contributed by atoms with Gasteiger partial charge in [0.25, 0.3) is 5.56 Å². The van der Waals surface area contributed by atoms with E-state index < -0.39 is 0 Å². The summed E-state index contributed by atoms with van der Waals surface area (Å²) in [6, 6.07) is 9.93. The predicted octanol–water partition coefficient (Wildman–Crippen LogP) is 1.84. The number of aliphatic hydroxyl groups excluding tert-OH is 1. The molecule has 3 rings (SSSR count). The number of aryl methyl sites for hydroxylation is 2. The van der Waals surface area contributed by atoms with E-state index in [-0.39, 0.29) is 12.2 Å². The van der Waals surface area contributed by atoms with Crippen molar-refractivity contribution in [2.75, 3.05) is 6.61 Å². The van der Waals surface area contributed by atoms with Crippen molar-refractivity contribution in [2.24, 2.45) is 0 Å². The highest BCUT2D eigenvalue weighted by Crippen LogP contribution is 2.19. The maximum absolute atomic E-state index is 12.4. The molecule has 0 fully saturated rings. The lowest BCUT2D eigenvalue weighted by Crippen LogP contribution is -2.22. The van der Waals surface area contributed by atoms with E-state index >= 15 is 0 Å². The van der Waals surface area contributed by atoms with Gasteiger partial charge in [-0.25, -0.2) is 9.50 Å². The van der Waals surface area contributed by atoms with E-state index in [0.717, 1.165) is 11.3 Å². The van der Waals surface area contributed by atoms with Gasteiger partial charge in [0.15, 0.2) is 5.65 Å². The highest BCUT2D eigenvalue weighted by atomic mass is 16.3. The molecule has 0 spiro atoms. The van der Waals surface area contributed by atoms with E-state index in [1.165, 1.54) is 10.1 Å². The number of aliphatic hydroxyl groups is 1. The third-order valence-electron chi connectivity index (χ3n) is 3.64. The number of benzene rings is 1. The zero-order chi connectivity index (χ0) is 15.0. The van der Waals surface area contributed by atoms with Crippen LogP contribution in [0.15, 0.2) is 35.1 Å². The smallest absolute Gasteiger partial charge is 0.276 e. The lowest BCUT2D eigenvalue weighted by atomic mass is 10.1. The van der Waals surface area contributed by atoms with Gasteiger partial charge in [-0.3, -0.25) is 9.89 Å². The Morgan fingerprint density at radius 3 is 2.62 bits per heavy atom. The SMILES string of the molecule is Cc1ccc(-c2cc3nc(C)c(CCO)c(=O)n3[nH]2)cc1. The number of fused-ring (bicyclic) bond motifs is 1. The summed E-state index contributed by atoms with van der Waals surface area (Å²) < 4.78 is 1.44. The van der Waals surface area contributed by atoms with Gasteiger partial charge < -0.3 is 5.11 Å². The number of aromatic amines is 1. The molecule has 0 aliphatic carbocycles. The number of hydrogen-bond donors (Lipinski definition) is 2. The molecule has 5 heteroatoms. The Balaban J connectivity index is 2.18. The summed E-state index contributed by atoms with van der Waals surface area (Å²) in [5.41, 5.74) is 4.70. The first-order valence-corrected chi connectivity index (χ1v) is 6.89. The van der Waals surface area contributed by atoms with Gasteiger partial charge in [-0.2, -0.15) is 0 Å². The first-order chi connectivity index (χ1) is 10.1. The van der Waals surface area contributed by atoms with Crippen LogP contribution in [0.25, 0.3) is 16.9 Å². The van der Waals surface area contributed by atoms with E-state index in [1.54, 1.807) is 6.92 Å². The summed E-state index contributed by atoms with van der Waals surface area (Å²) in [6.45, 7) is 3.77. The van der Waals surface area contributed by atoms with Gasteiger partial charge in [0.1, 0.15) is 0 Å². The summed E-state index contributed by atoms with van der Waals surface area (Å²) in [4.78, 5) is 16.9. The Kier molecular flexibility index (Phi) is 3.35. The predicted molar refractivity (Wildman–Crippen MR) is 81.5 cm³/mol. The van der Waals surface area contributed by atoms with Gasteiger partial charge in [-0.1, -0.05) is 29.8 Å². The summed E-state index contributed by atoms with van der Waals surface area (Å²) in [5.74, 6) is 0. The van der Waals surface area contributed by atoms with E-state index in [4.69, 9.17) is 5.11 Å². The standard InChI is InChI=1S/C16H17N3O2/c1-10-3-5-12(6-4-10)14-9-15-17-11(2)13(7-8-20)16(21)19(15)18-14/h3-6,9,18,20H,7-8H2,1-2H3. The number of rotatable bonds is 3. The summed E-state index contributed by atoms with van der Waals surface area (Å²) in [5, 5.41) is 12.1. The molecule has 2 N–H and O–H groups in total. The Morgan fingerprint density at radius 2 is 1.95 bits per heavy atom. The quantitative estimate of drug-likeness (QED) is 0.770. The molecule has 2 heterocycles. The van der Waals surface area contributed by atoms with Gasteiger partial charge in [0, 0.05) is 30.4 Å². The zero-order valence-electron chi connectivity index (χ0n) is 12.1. The first kappa shape index (κ1) is 13.6. The number of aromatic nitrogens is 3. The minimum Gasteiger partial charge on any atom is -0.396 e. The van der Waals surface area contributed by atoms with Crippen molar-refractivity contribution >= 4 is 5.65 Å². The van der Waals surface area contributed by atoms with Crippen molar-refractivity contribution in [1.82, 2.24) is 14.6 Å². The Labute approximate surface area is 121 Å². The van der Waals surface area contributed by atoms with Crippen LogP contribution in [0.2, 0.25) is 0 Å². The maximum atomic E-state index is 12.4. The first-order valence-electron chi connectivity index (χ1n) is 6.89. The second-order valence-electron chi connectivity index (χ2n) is 5.18. The molecule has 3 aromatic rings. The molecule has 0 aliphatic heterocycles. The van der Waals surface area contributed by atoms with Crippen LogP contribution in [0.5, 0.6) is 0 Å². The van der Waals surface area contributed by atoms with Crippen LogP contribution in [0, 0.1) is 13.8 Å². The largest absolute Gasteiger partial charge is 0.396 e. The van der Waals surface area contributed by atoms with E-state index in [0.29, 0.717) is 23.3 Å². The maximum Gasteiger partial charge on any atom is 0.276 e. The molecule has 21 heavy (non-hydrogen) atoms. The monoisotopic (exact) mass is 283 g/mol. The Hall–Kier alpha value is -2.40. The van der Waals surface area contributed by atoms with Crippen LogP contribution in [0.3, 0.4) is 0 Å².